The first kappa shape index (κ1) is 15.6. The number of rotatable bonds is 4. The first-order chi connectivity index (χ1) is 8.19. The lowest BCUT2D eigenvalue weighted by atomic mass is 10.2. The summed E-state index contributed by atoms with van der Waals surface area (Å²) in [7, 11) is 1.79. The highest BCUT2D eigenvalue weighted by molar-refractivity contribution is 14.0. The van der Waals surface area contributed by atoms with E-state index in [2.05, 4.69) is 39.7 Å². The van der Waals surface area contributed by atoms with Gasteiger partial charge in [0.05, 0.1) is 6.54 Å². The highest BCUT2D eigenvalue weighted by atomic mass is 127. The van der Waals surface area contributed by atoms with Crippen LogP contribution in [-0.4, -0.2) is 29.2 Å². The number of guanidine groups is 1. The Bertz CT molecular complexity index is 400. The van der Waals surface area contributed by atoms with Crippen molar-refractivity contribution in [3.05, 3.63) is 10.0 Å². The Morgan fingerprint density at radius 3 is 2.67 bits per heavy atom. The van der Waals surface area contributed by atoms with E-state index in [0.717, 1.165) is 16.0 Å². The third-order valence-electron chi connectivity index (χ3n) is 2.53. The summed E-state index contributed by atoms with van der Waals surface area (Å²) in [6.45, 7) is 4.95. The number of nitrogens with one attached hydrogen (secondary N) is 2. The first-order valence-corrected chi connectivity index (χ1v) is 6.80. The van der Waals surface area contributed by atoms with E-state index in [-0.39, 0.29) is 24.0 Å². The highest BCUT2D eigenvalue weighted by Gasteiger charge is 2.22. The van der Waals surface area contributed by atoms with Crippen LogP contribution in [0, 0.1) is 0 Å². The zero-order chi connectivity index (χ0) is 12.3. The third kappa shape index (κ3) is 4.68. The van der Waals surface area contributed by atoms with Gasteiger partial charge in [0.25, 0.3) is 0 Å². The van der Waals surface area contributed by atoms with Gasteiger partial charge < -0.3 is 10.6 Å². The van der Waals surface area contributed by atoms with Gasteiger partial charge in [-0.05, 0) is 12.8 Å². The minimum atomic E-state index is 0. The van der Waals surface area contributed by atoms with Gasteiger partial charge in [0.15, 0.2) is 5.96 Å². The number of nitrogens with zero attached hydrogens (tertiary/aromatic N) is 3. The molecule has 1 saturated carbocycles. The maximum absolute atomic E-state index is 4.18. The van der Waals surface area contributed by atoms with Crippen LogP contribution in [0.2, 0.25) is 0 Å². The molecule has 5 nitrogen and oxygen atoms in total. The number of aliphatic imine (C=N–C) groups is 1. The molecule has 0 radical (unpaired) electrons. The molecule has 2 N–H and O–H groups in total. The fourth-order valence-electron chi connectivity index (χ4n) is 1.35. The Kier molecular flexibility index (Phi) is 6.27. The second-order valence-electron chi connectivity index (χ2n) is 4.53. The van der Waals surface area contributed by atoms with Crippen molar-refractivity contribution in [2.24, 2.45) is 4.99 Å². The van der Waals surface area contributed by atoms with Crippen molar-refractivity contribution < 1.29 is 0 Å². The molecule has 1 aromatic heterocycles. The molecule has 18 heavy (non-hydrogen) atoms. The Morgan fingerprint density at radius 1 is 1.44 bits per heavy atom. The van der Waals surface area contributed by atoms with Crippen LogP contribution in [0.5, 0.6) is 0 Å². The Morgan fingerprint density at radius 2 is 2.17 bits per heavy atom. The predicted molar refractivity (Wildman–Crippen MR) is 85.8 cm³/mol. The minimum Gasteiger partial charge on any atom is -0.354 e. The van der Waals surface area contributed by atoms with Crippen LogP contribution in [0.4, 0.5) is 0 Å². The Labute approximate surface area is 129 Å². The molecule has 0 aromatic carbocycles. The summed E-state index contributed by atoms with van der Waals surface area (Å²) < 4.78 is 0. The van der Waals surface area contributed by atoms with Gasteiger partial charge in [-0.15, -0.1) is 34.2 Å². The first-order valence-electron chi connectivity index (χ1n) is 5.98. The molecule has 0 unspecified atom stereocenters. The topological polar surface area (TPSA) is 62.2 Å². The zero-order valence-corrected chi connectivity index (χ0v) is 14.1. The molecule has 1 aliphatic rings. The molecule has 102 valence electrons. The van der Waals surface area contributed by atoms with Gasteiger partial charge in [-0.2, -0.15) is 0 Å². The van der Waals surface area contributed by atoms with Crippen molar-refractivity contribution in [1.82, 2.24) is 20.8 Å². The summed E-state index contributed by atoms with van der Waals surface area (Å²) >= 11 is 1.66. The number of hydrogen-bond acceptors (Lipinski definition) is 4. The number of hydrogen-bond donors (Lipinski definition) is 2. The Balaban J connectivity index is 0.00000162. The molecule has 1 fully saturated rings. The van der Waals surface area contributed by atoms with Gasteiger partial charge in [0.2, 0.25) is 0 Å². The molecule has 2 rings (SSSR count). The maximum Gasteiger partial charge on any atom is 0.191 e. The summed E-state index contributed by atoms with van der Waals surface area (Å²) in [5.74, 6) is 1.30. The lowest BCUT2D eigenvalue weighted by Crippen LogP contribution is -2.38. The van der Waals surface area contributed by atoms with E-state index in [1.165, 1.54) is 12.8 Å². The van der Waals surface area contributed by atoms with E-state index in [1.54, 1.807) is 18.4 Å². The third-order valence-corrected chi connectivity index (χ3v) is 3.75. The molecule has 0 bridgehead atoms. The van der Waals surface area contributed by atoms with Crippen molar-refractivity contribution in [3.8, 4) is 0 Å². The van der Waals surface area contributed by atoms with Gasteiger partial charge in [0, 0.05) is 19.0 Å². The molecule has 1 aromatic rings. The van der Waals surface area contributed by atoms with Crippen molar-refractivity contribution in [1.29, 1.82) is 0 Å². The molecule has 1 heterocycles. The maximum atomic E-state index is 4.18. The van der Waals surface area contributed by atoms with Gasteiger partial charge >= 0.3 is 0 Å². The lowest BCUT2D eigenvalue weighted by molar-refractivity contribution is 0.782. The monoisotopic (exact) mass is 381 g/mol. The molecular formula is C11H20IN5S. The molecule has 0 saturated heterocycles. The van der Waals surface area contributed by atoms with E-state index >= 15 is 0 Å². The predicted octanol–water partition coefficient (Wildman–Crippen LogP) is 2.11. The molecule has 0 amide bonds. The highest BCUT2D eigenvalue weighted by Crippen LogP contribution is 2.19. The van der Waals surface area contributed by atoms with E-state index in [0.29, 0.717) is 18.5 Å². The van der Waals surface area contributed by atoms with Crippen LogP contribution < -0.4 is 10.6 Å². The standard InChI is InChI=1S/C11H19N5S.HI/c1-7(2)10-16-15-9(17-10)6-13-11(12-3)14-8-4-5-8;/h7-8H,4-6H2,1-3H3,(H2,12,13,14);1H. The van der Waals surface area contributed by atoms with Crippen LogP contribution in [0.25, 0.3) is 0 Å². The molecule has 0 atom stereocenters. The van der Waals surface area contributed by atoms with Crippen molar-refractivity contribution in [2.75, 3.05) is 7.05 Å². The summed E-state index contributed by atoms with van der Waals surface area (Å²) in [5, 5.41) is 17.0. The van der Waals surface area contributed by atoms with Crippen LogP contribution in [0.3, 0.4) is 0 Å². The van der Waals surface area contributed by atoms with Crippen molar-refractivity contribution in [3.63, 3.8) is 0 Å². The molecule has 1 aliphatic carbocycles. The average Bonchev–Trinajstić information content (AvgIpc) is 2.99. The van der Waals surface area contributed by atoms with Crippen LogP contribution in [-0.2, 0) is 6.54 Å². The SMILES string of the molecule is CN=C(NCc1nnc(C(C)C)s1)NC1CC1.I. The number of halogens is 1. The van der Waals surface area contributed by atoms with Crippen molar-refractivity contribution >= 4 is 41.3 Å². The van der Waals surface area contributed by atoms with Gasteiger partial charge in [-0.1, -0.05) is 25.2 Å². The molecule has 7 heteroatoms. The summed E-state index contributed by atoms with van der Waals surface area (Å²) in [4.78, 5) is 4.18. The average molecular weight is 381 g/mol. The fourth-order valence-corrected chi connectivity index (χ4v) is 2.13. The van der Waals surface area contributed by atoms with E-state index in [4.69, 9.17) is 0 Å². The van der Waals surface area contributed by atoms with Crippen molar-refractivity contribution in [2.45, 2.75) is 45.2 Å². The molecule has 0 aliphatic heterocycles. The summed E-state index contributed by atoms with van der Waals surface area (Å²) in [6, 6.07) is 0.613. The number of aromatic nitrogens is 2. The largest absolute Gasteiger partial charge is 0.354 e. The van der Waals surface area contributed by atoms with E-state index in [9.17, 15) is 0 Å². The van der Waals surface area contributed by atoms with Crippen LogP contribution >= 0.6 is 35.3 Å². The van der Waals surface area contributed by atoms with Gasteiger partial charge in [-0.25, -0.2) is 0 Å². The second kappa shape index (κ2) is 7.22. The normalized spacial score (nSPS) is 15.4. The summed E-state index contributed by atoms with van der Waals surface area (Å²) in [6.07, 6.45) is 2.49. The van der Waals surface area contributed by atoms with E-state index in [1.807, 2.05) is 0 Å². The quantitative estimate of drug-likeness (QED) is 0.477. The van der Waals surface area contributed by atoms with Crippen LogP contribution in [0.1, 0.15) is 42.6 Å². The van der Waals surface area contributed by atoms with Crippen LogP contribution in [0.15, 0.2) is 4.99 Å². The molecule has 0 spiro atoms. The lowest BCUT2D eigenvalue weighted by Gasteiger charge is -2.08. The zero-order valence-electron chi connectivity index (χ0n) is 10.9. The fraction of sp³-hybridized carbons (Fsp3) is 0.727. The minimum absolute atomic E-state index is 0. The van der Waals surface area contributed by atoms with Gasteiger partial charge in [0.1, 0.15) is 10.0 Å². The van der Waals surface area contributed by atoms with Gasteiger partial charge in [-0.3, -0.25) is 4.99 Å². The summed E-state index contributed by atoms with van der Waals surface area (Å²) in [5.41, 5.74) is 0. The second-order valence-corrected chi connectivity index (χ2v) is 5.63. The smallest absolute Gasteiger partial charge is 0.191 e. The Hall–Kier alpha value is -0.440. The molecular weight excluding hydrogens is 361 g/mol. The van der Waals surface area contributed by atoms with E-state index < -0.39 is 0 Å².